The van der Waals surface area contributed by atoms with Crippen LogP contribution in [-0.2, 0) is 9.59 Å². The van der Waals surface area contributed by atoms with E-state index in [1.54, 1.807) is 6.07 Å². The molecule has 0 aromatic carbocycles. The van der Waals surface area contributed by atoms with Crippen molar-refractivity contribution < 1.29 is 9.59 Å². The van der Waals surface area contributed by atoms with Crippen molar-refractivity contribution in [2.45, 2.75) is 17.5 Å². The Morgan fingerprint density at radius 1 is 1.47 bits per heavy atom. The number of likely N-dealkylation sites (tertiary alicyclic amines) is 1. The summed E-state index contributed by atoms with van der Waals surface area (Å²) in [5, 5.41) is 3.76. The number of likely N-dealkylation sites (N-methyl/N-ethyl adjacent to an activating group) is 1. The normalized spacial score (nSPS) is 19.9. The molecule has 1 fully saturated rings. The Morgan fingerprint density at radius 3 is 2.82 bits per heavy atom. The maximum Gasteiger partial charge on any atom is 0.251 e. The van der Waals surface area contributed by atoms with E-state index < -0.39 is 6.04 Å². The van der Waals surface area contributed by atoms with Crippen molar-refractivity contribution in [1.82, 2.24) is 14.9 Å². The second-order valence-electron chi connectivity index (χ2n) is 3.64. The zero-order chi connectivity index (χ0) is 12.4. The number of imide groups is 1. The molecule has 2 amide bonds. The number of carbonyl (C=O) groups is 2. The summed E-state index contributed by atoms with van der Waals surface area (Å²) in [6.07, 6.45) is 3.51. The summed E-state index contributed by atoms with van der Waals surface area (Å²) in [4.78, 5) is 32.2. The number of hydrogen-bond acceptors (Lipinski definition) is 6. The molecular weight excluding hydrogens is 240 g/mol. The van der Waals surface area contributed by atoms with E-state index in [2.05, 4.69) is 15.3 Å². The standard InChI is InChI=1S/C10H12N4O2S/c1-14-9(15)3-6(10(14)16)13-7-4-8(17-2)12-5-11-7/h4-6H,3H2,1-2H3,(H,11,12,13). The molecule has 0 aliphatic carbocycles. The minimum Gasteiger partial charge on any atom is -0.358 e. The van der Waals surface area contributed by atoms with Gasteiger partial charge >= 0.3 is 0 Å². The molecule has 1 saturated heterocycles. The summed E-state index contributed by atoms with van der Waals surface area (Å²) in [5.74, 6) is 0.164. The van der Waals surface area contributed by atoms with E-state index in [-0.39, 0.29) is 18.2 Å². The third-order valence-electron chi connectivity index (χ3n) is 2.55. The maximum atomic E-state index is 11.7. The molecule has 7 heteroatoms. The SMILES string of the molecule is CSc1cc(NC2CC(=O)N(C)C2=O)ncn1. The van der Waals surface area contributed by atoms with Crippen molar-refractivity contribution in [2.24, 2.45) is 0 Å². The van der Waals surface area contributed by atoms with Crippen molar-refractivity contribution in [3.8, 4) is 0 Å². The van der Waals surface area contributed by atoms with Crippen LogP contribution in [0.3, 0.4) is 0 Å². The van der Waals surface area contributed by atoms with Crippen molar-refractivity contribution in [3.63, 3.8) is 0 Å². The van der Waals surface area contributed by atoms with Gasteiger partial charge < -0.3 is 5.32 Å². The summed E-state index contributed by atoms with van der Waals surface area (Å²) < 4.78 is 0. The Bertz CT molecular complexity index is 465. The number of anilines is 1. The molecular formula is C10H12N4O2S. The number of nitrogens with zero attached hydrogens (tertiary/aromatic N) is 3. The molecule has 90 valence electrons. The molecule has 1 aromatic rings. The van der Waals surface area contributed by atoms with Crippen LogP contribution in [0.15, 0.2) is 17.4 Å². The summed E-state index contributed by atoms with van der Waals surface area (Å²) in [6.45, 7) is 0. The molecule has 1 aliphatic heterocycles. The lowest BCUT2D eigenvalue weighted by Crippen LogP contribution is -2.32. The molecule has 0 saturated carbocycles. The molecule has 1 N–H and O–H groups in total. The Hall–Kier alpha value is -1.63. The number of hydrogen-bond donors (Lipinski definition) is 1. The van der Waals surface area contributed by atoms with Crippen molar-refractivity contribution >= 4 is 29.4 Å². The number of nitrogens with one attached hydrogen (secondary N) is 1. The second kappa shape index (κ2) is 4.70. The molecule has 2 rings (SSSR count). The van der Waals surface area contributed by atoms with Gasteiger partial charge in [-0.3, -0.25) is 14.5 Å². The summed E-state index contributed by atoms with van der Waals surface area (Å²) >= 11 is 1.49. The fraction of sp³-hybridized carbons (Fsp3) is 0.400. The van der Waals surface area contributed by atoms with Gasteiger partial charge in [0.05, 0.1) is 6.42 Å². The first kappa shape index (κ1) is 11.8. The van der Waals surface area contributed by atoms with Gasteiger partial charge in [0.25, 0.3) is 5.91 Å². The molecule has 0 radical (unpaired) electrons. The lowest BCUT2D eigenvalue weighted by molar-refractivity contribution is -0.136. The first-order valence-electron chi connectivity index (χ1n) is 5.05. The topological polar surface area (TPSA) is 75.2 Å². The molecule has 2 heterocycles. The Labute approximate surface area is 103 Å². The summed E-state index contributed by atoms with van der Waals surface area (Å²) in [5.41, 5.74) is 0. The number of carbonyl (C=O) groups excluding carboxylic acids is 2. The quantitative estimate of drug-likeness (QED) is 0.476. The number of thioether (sulfide) groups is 1. The third kappa shape index (κ3) is 2.38. The molecule has 6 nitrogen and oxygen atoms in total. The number of aromatic nitrogens is 2. The largest absolute Gasteiger partial charge is 0.358 e. The van der Waals surface area contributed by atoms with Gasteiger partial charge in [-0.25, -0.2) is 9.97 Å². The molecule has 1 aromatic heterocycles. The van der Waals surface area contributed by atoms with E-state index in [9.17, 15) is 9.59 Å². The van der Waals surface area contributed by atoms with E-state index in [4.69, 9.17) is 0 Å². The van der Waals surface area contributed by atoms with Crippen LogP contribution in [0.25, 0.3) is 0 Å². The van der Waals surface area contributed by atoms with E-state index >= 15 is 0 Å². The van der Waals surface area contributed by atoms with E-state index in [1.165, 1.54) is 25.1 Å². The Morgan fingerprint density at radius 2 is 2.24 bits per heavy atom. The van der Waals surface area contributed by atoms with Crippen molar-refractivity contribution in [1.29, 1.82) is 0 Å². The molecule has 1 unspecified atom stereocenters. The highest BCUT2D eigenvalue weighted by molar-refractivity contribution is 7.98. The van der Waals surface area contributed by atoms with Gasteiger partial charge in [0.15, 0.2) is 0 Å². The highest BCUT2D eigenvalue weighted by Gasteiger charge is 2.36. The molecule has 0 spiro atoms. The highest BCUT2D eigenvalue weighted by atomic mass is 32.2. The van der Waals surface area contributed by atoms with Crippen LogP contribution in [0.1, 0.15) is 6.42 Å². The zero-order valence-corrected chi connectivity index (χ0v) is 10.3. The van der Waals surface area contributed by atoms with Crippen molar-refractivity contribution in [2.75, 3.05) is 18.6 Å². The van der Waals surface area contributed by atoms with Crippen LogP contribution >= 0.6 is 11.8 Å². The van der Waals surface area contributed by atoms with Crippen LogP contribution in [0.5, 0.6) is 0 Å². The Kier molecular flexibility index (Phi) is 3.28. The zero-order valence-electron chi connectivity index (χ0n) is 9.51. The third-order valence-corrected chi connectivity index (χ3v) is 3.20. The monoisotopic (exact) mass is 252 g/mol. The smallest absolute Gasteiger partial charge is 0.251 e. The lowest BCUT2D eigenvalue weighted by Gasteiger charge is -2.11. The average Bonchev–Trinajstić information content (AvgIpc) is 2.57. The fourth-order valence-electron chi connectivity index (χ4n) is 1.58. The van der Waals surface area contributed by atoms with Gasteiger partial charge in [-0.05, 0) is 6.26 Å². The summed E-state index contributed by atoms with van der Waals surface area (Å²) in [6, 6.07) is 1.23. The summed E-state index contributed by atoms with van der Waals surface area (Å²) in [7, 11) is 1.49. The number of amides is 2. The van der Waals surface area contributed by atoms with Gasteiger partial charge in [0, 0.05) is 13.1 Å². The minimum atomic E-state index is -0.517. The van der Waals surface area contributed by atoms with Crippen molar-refractivity contribution in [3.05, 3.63) is 12.4 Å². The van der Waals surface area contributed by atoms with Crippen LogP contribution in [0, 0.1) is 0 Å². The van der Waals surface area contributed by atoms with Gasteiger partial charge in [-0.1, -0.05) is 0 Å². The fourth-order valence-corrected chi connectivity index (χ4v) is 1.96. The number of rotatable bonds is 3. The van der Waals surface area contributed by atoms with Gasteiger partial charge in [-0.15, -0.1) is 11.8 Å². The van der Waals surface area contributed by atoms with E-state index in [0.717, 1.165) is 9.93 Å². The minimum absolute atomic E-state index is 0.174. The van der Waals surface area contributed by atoms with Gasteiger partial charge in [0.2, 0.25) is 5.91 Å². The Balaban J connectivity index is 2.11. The molecule has 1 aliphatic rings. The molecule has 0 bridgehead atoms. The first-order valence-corrected chi connectivity index (χ1v) is 6.27. The molecule has 1 atom stereocenters. The second-order valence-corrected chi connectivity index (χ2v) is 4.46. The van der Waals surface area contributed by atoms with Gasteiger partial charge in [0.1, 0.15) is 23.2 Å². The highest BCUT2D eigenvalue weighted by Crippen LogP contribution is 2.18. The predicted octanol–water partition coefficient (Wildman–Crippen LogP) is 0.368. The molecule has 17 heavy (non-hydrogen) atoms. The predicted molar refractivity (Wildman–Crippen MR) is 63.6 cm³/mol. The van der Waals surface area contributed by atoms with Gasteiger partial charge in [-0.2, -0.15) is 0 Å². The van der Waals surface area contributed by atoms with E-state index in [0.29, 0.717) is 5.82 Å². The maximum absolute atomic E-state index is 11.7. The lowest BCUT2D eigenvalue weighted by atomic mass is 10.2. The first-order chi connectivity index (χ1) is 8.11. The van der Waals surface area contributed by atoms with Crippen LogP contribution < -0.4 is 5.32 Å². The van der Waals surface area contributed by atoms with Crippen LogP contribution in [0.4, 0.5) is 5.82 Å². The van der Waals surface area contributed by atoms with Crippen LogP contribution in [0.2, 0.25) is 0 Å². The average molecular weight is 252 g/mol. The van der Waals surface area contributed by atoms with Crippen LogP contribution in [-0.4, -0.2) is 46.0 Å². The van der Waals surface area contributed by atoms with E-state index in [1.807, 2.05) is 6.26 Å².